The largest absolute Gasteiger partial charge is 0.370 e. The zero-order chi connectivity index (χ0) is 10.8. The van der Waals surface area contributed by atoms with Crippen LogP contribution in [0.4, 0.5) is 5.69 Å². The molecule has 15 heavy (non-hydrogen) atoms. The van der Waals surface area contributed by atoms with Crippen LogP contribution >= 0.6 is 11.6 Å². The van der Waals surface area contributed by atoms with Gasteiger partial charge in [-0.2, -0.15) is 0 Å². The summed E-state index contributed by atoms with van der Waals surface area (Å²) in [5, 5.41) is 0.675. The van der Waals surface area contributed by atoms with Gasteiger partial charge in [-0.25, -0.2) is 0 Å². The van der Waals surface area contributed by atoms with E-state index in [1.54, 1.807) is 6.07 Å². The number of carbonyl (C=O) groups is 1. The molecule has 0 amide bonds. The Balaban J connectivity index is 2.25. The van der Waals surface area contributed by atoms with Gasteiger partial charge in [0.15, 0.2) is 0 Å². The van der Waals surface area contributed by atoms with Gasteiger partial charge >= 0.3 is 0 Å². The van der Waals surface area contributed by atoms with Gasteiger partial charge in [0, 0.05) is 18.7 Å². The summed E-state index contributed by atoms with van der Waals surface area (Å²) < 4.78 is 0. The van der Waals surface area contributed by atoms with Crippen molar-refractivity contribution in [2.24, 2.45) is 5.92 Å². The Kier molecular flexibility index (Phi) is 2.96. The van der Waals surface area contributed by atoms with Crippen LogP contribution in [0.2, 0.25) is 5.02 Å². The Labute approximate surface area is 94.8 Å². The average Bonchev–Trinajstić information content (AvgIpc) is 2.64. The molecule has 1 aliphatic heterocycles. The standard InChI is InChI=1S/C12H14ClNO/c1-9-4-5-14(7-9)12-3-2-10(8-15)6-11(12)13/h2-3,6,8-9H,4-5,7H2,1H3. The van der Waals surface area contributed by atoms with Crippen molar-refractivity contribution in [1.29, 1.82) is 0 Å². The molecule has 0 aliphatic carbocycles. The van der Waals surface area contributed by atoms with Crippen molar-refractivity contribution in [2.45, 2.75) is 13.3 Å². The molecule has 0 radical (unpaired) electrons. The van der Waals surface area contributed by atoms with Crippen LogP contribution < -0.4 is 4.90 Å². The summed E-state index contributed by atoms with van der Waals surface area (Å²) in [6.07, 6.45) is 2.04. The summed E-state index contributed by atoms with van der Waals surface area (Å²) in [5.74, 6) is 0.729. The molecule has 1 unspecified atom stereocenters. The predicted molar refractivity (Wildman–Crippen MR) is 62.8 cm³/mol. The van der Waals surface area contributed by atoms with Crippen molar-refractivity contribution in [1.82, 2.24) is 0 Å². The van der Waals surface area contributed by atoms with Crippen LogP contribution in [0.1, 0.15) is 23.7 Å². The number of hydrogen-bond donors (Lipinski definition) is 0. The lowest BCUT2D eigenvalue weighted by molar-refractivity contribution is 0.112. The van der Waals surface area contributed by atoms with Gasteiger partial charge in [0.1, 0.15) is 6.29 Å². The van der Waals surface area contributed by atoms with Gasteiger partial charge < -0.3 is 4.90 Å². The molecular weight excluding hydrogens is 210 g/mol. The fraction of sp³-hybridized carbons (Fsp3) is 0.417. The van der Waals surface area contributed by atoms with E-state index < -0.39 is 0 Å². The number of benzene rings is 1. The lowest BCUT2D eigenvalue weighted by Gasteiger charge is -2.19. The Morgan fingerprint density at radius 3 is 2.87 bits per heavy atom. The van der Waals surface area contributed by atoms with Gasteiger partial charge in [-0.3, -0.25) is 4.79 Å². The van der Waals surface area contributed by atoms with E-state index >= 15 is 0 Å². The number of hydrogen-bond acceptors (Lipinski definition) is 2. The number of carbonyl (C=O) groups excluding carboxylic acids is 1. The van der Waals surface area contributed by atoms with E-state index in [1.807, 2.05) is 12.1 Å². The van der Waals surface area contributed by atoms with Crippen LogP contribution in [0.3, 0.4) is 0 Å². The highest BCUT2D eigenvalue weighted by molar-refractivity contribution is 6.33. The lowest BCUT2D eigenvalue weighted by atomic mass is 10.2. The first-order chi connectivity index (χ1) is 7.20. The summed E-state index contributed by atoms with van der Waals surface area (Å²) in [5.41, 5.74) is 1.68. The molecule has 1 aliphatic rings. The van der Waals surface area contributed by atoms with Crippen molar-refractivity contribution in [2.75, 3.05) is 18.0 Å². The second kappa shape index (κ2) is 4.23. The molecule has 80 valence electrons. The molecule has 1 saturated heterocycles. The van der Waals surface area contributed by atoms with E-state index in [-0.39, 0.29) is 0 Å². The van der Waals surface area contributed by atoms with Crippen LogP contribution in [-0.2, 0) is 0 Å². The maximum Gasteiger partial charge on any atom is 0.150 e. The van der Waals surface area contributed by atoms with E-state index in [9.17, 15) is 4.79 Å². The molecule has 1 aromatic carbocycles. The topological polar surface area (TPSA) is 20.3 Å². The van der Waals surface area contributed by atoms with Gasteiger partial charge in [0.05, 0.1) is 10.7 Å². The lowest BCUT2D eigenvalue weighted by Crippen LogP contribution is -2.19. The number of aldehydes is 1. The van der Waals surface area contributed by atoms with E-state index in [0.29, 0.717) is 10.6 Å². The second-order valence-corrected chi connectivity index (χ2v) is 4.58. The highest BCUT2D eigenvalue weighted by Crippen LogP contribution is 2.30. The molecule has 2 nitrogen and oxygen atoms in total. The Morgan fingerprint density at radius 2 is 2.33 bits per heavy atom. The van der Waals surface area contributed by atoms with E-state index in [2.05, 4.69) is 11.8 Å². The van der Waals surface area contributed by atoms with Crippen LogP contribution in [0.25, 0.3) is 0 Å². The number of anilines is 1. The van der Waals surface area contributed by atoms with Crippen molar-refractivity contribution in [3.63, 3.8) is 0 Å². The molecule has 0 N–H and O–H groups in total. The minimum absolute atomic E-state index is 0.635. The number of nitrogens with zero attached hydrogens (tertiary/aromatic N) is 1. The van der Waals surface area contributed by atoms with Crippen LogP contribution in [0.15, 0.2) is 18.2 Å². The fourth-order valence-corrected chi connectivity index (χ4v) is 2.32. The SMILES string of the molecule is CC1CCN(c2ccc(C=O)cc2Cl)C1. The zero-order valence-electron chi connectivity index (χ0n) is 8.74. The minimum atomic E-state index is 0.635. The normalized spacial score (nSPS) is 20.7. The zero-order valence-corrected chi connectivity index (χ0v) is 9.50. The van der Waals surface area contributed by atoms with Gasteiger partial charge in [0.25, 0.3) is 0 Å². The number of halogens is 1. The fourth-order valence-electron chi connectivity index (χ4n) is 2.01. The molecule has 1 atom stereocenters. The van der Waals surface area contributed by atoms with Gasteiger partial charge in [-0.05, 0) is 30.5 Å². The third-order valence-electron chi connectivity index (χ3n) is 2.87. The van der Waals surface area contributed by atoms with Gasteiger partial charge in [0.2, 0.25) is 0 Å². The molecule has 1 heterocycles. The maximum atomic E-state index is 10.6. The van der Waals surface area contributed by atoms with Crippen molar-refractivity contribution < 1.29 is 4.79 Å². The molecule has 0 saturated carbocycles. The summed E-state index contributed by atoms with van der Waals surface area (Å²) in [7, 11) is 0. The highest BCUT2D eigenvalue weighted by Gasteiger charge is 2.20. The Hall–Kier alpha value is -1.02. The Morgan fingerprint density at radius 1 is 1.53 bits per heavy atom. The Bertz CT molecular complexity index is 378. The third-order valence-corrected chi connectivity index (χ3v) is 3.18. The molecule has 2 rings (SSSR count). The summed E-state index contributed by atoms with van der Waals surface area (Å²) >= 11 is 6.14. The van der Waals surface area contributed by atoms with E-state index in [1.165, 1.54) is 6.42 Å². The highest BCUT2D eigenvalue weighted by atomic mass is 35.5. The minimum Gasteiger partial charge on any atom is -0.370 e. The maximum absolute atomic E-state index is 10.6. The molecule has 1 fully saturated rings. The van der Waals surface area contributed by atoms with Crippen LogP contribution in [-0.4, -0.2) is 19.4 Å². The molecular formula is C12H14ClNO. The van der Waals surface area contributed by atoms with E-state index in [0.717, 1.165) is 31.0 Å². The second-order valence-electron chi connectivity index (χ2n) is 4.17. The molecule has 0 bridgehead atoms. The first kappa shape index (κ1) is 10.5. The summed E-state index contributed by atoms with van der Waals surface area (Å²) in [6, 6.07) is 5.48. The van der Waals surface area contributed by atoms with Gasteiger partial charge in [-0.15, -0.1) is 0 Å². The van der Waals surface area contributed by atoms with Gasteiger partial charge in [-0.1, -0.05) is 18.5 Å². The van der Waals surface area contributed by atoms with Crippen LogP contribution in [0, 0.1) is 5.92 Å². The molecule has 0 aromatic heterocycles. The predicted octanol–water partition coefficient (Wildman–Crippen LogP) is 3.00. The molecule has 1 aromatic rings. The molecule has 3 heteroatoms. The summed E-state index contributed by atoms with van der Waals surface area (Å²) in [4.78, 5) is 12.9. The first-order valence-electron chi connectivity index (χ1n) is 5.20. The molecule has 0 spiro atoms. The number of rotatable bonds is 2. The van der Waals surface area contributed by atoms with Crippen LogP contribution in [0.5, 0.6) is 0 Å². The van der Waals surface area contributed by atoms with Crippen molar-refractivity contribution in [3.05, 3.63) is 28.8 Å². The third kappa shape index (κ3) is 2.15. The summed E-state index contributed by atoms with van der Waals surface area (Å²) in [6.45, 7) is 4.36. The van der Waals surface area contributed by atoms with E-state index in [4.69, 9.17) is 11.6 Å². The first-order valence-corrected chi connectivity index (χ1v) is 5.58. The van der Waals surface area contributed by atoms with Crippen molar-refractivity contribution >= 4 is 23.6 Å². The monoisotopic (exact) mass is 223 g/mol. The smallest absolute Gasteiger partial charge is 0.150 e. The van der Waals surface area contributed by atoms with Crippen molar-refractivity contribution in [3.8, 4) is 0 Å². The quantitative estimate of drug-likeness (QED) is 0.719. The average molecular weight is 224 g/mol.